The largest absolute Gasteiger partial charge is 0.758 e. The Morgan fingerprint density at radius 2 is 1.02 bits per heavy atom. The number of ether oxygens (including phenoxy) is 6. The van der Waals surface area contributed by atoms with Gasteiger partial charge in [-0.1, -0.05) is 48.5 Å². The summed E-state index contributed by atoms with van der Waals surface area (Å²) in [5.74, 6) is -0.253. The molecule has 0 atom stereocenters. The number of methoxy groups -OCH3 is 2. The molecule has 0 aliphatic carbocycles. The Morgan fingerprint density at radius 3 is 1.41 bits per heavy atom. The van der Waals surface area contributed by atoms with E-state index in [0.29, 0.717) is 56.1 Å². The van der Waals surface area contributed by atoms with Gasteiger partial charge in [0.25, 0.3) is 0 Å². The summed E-state index contributed by atoms with van der Waals surface area (Å²) in [4.78, 5) is 60.3. The number of unbranched alkanes of at least 4 members (excludes halogenated alkanes) is 4. The first kappa shape index (κ1) is 49.9. The lowest BCUT2D eigenvalue weighted by Gasteiger charge is -2.34. The molecule has 0 N–H and O–H groups in total. The highest BCUT2D eigenvalue weighted by Crippen LogP contribution is 2.32. The SMILES string of the molecule is COC(=O)/C=C/c1ccc(OCCCCCC(=O)OCC(COC(=O)CCCCCOc2ccc(/C=C/C(=O)OC)cc2)(Cc2ccc(N=O)cc2)Cc2ccc(N(C)[O-])cc2)cc1. The molecule has 0 spiro atoms. The van der Waals surface area contributed by atoms with Crippen molar-refractivity contribution in [3.05, 3.63) is 142 Å². The van der Waals surface area contributed by atoms with Crippen LogP contribution in [0.15, 0.2) is 114 Å². The predicted molar refractivity (Wildman–Crippen MR) is 245 cm³/mol. The van der Waals surface area contributed by atoms with Crippen molar-refractivity contribution in [2.24, 2.45) is 10.6 Å². The molecule has 4 aromatic rings. The Morgan fingerprint density at radius 1 is 0.594 bits per heavy atom. The molecule has 0 saturated heterocycles. The lowest BCUT2D eigenvalue weighted by Crippen LogP contribution is -2.39. The molecule has 0 unspecified atom stereocenters. The smallest absolute Gasteiger partial charge is 0.330 e. The highest BCUT2D eigenvalue weighted by molar-refractivity contribution is 5.87. The number of hydrogen-bond acceptors (Lipinski definition) is 14. The molecule has 0 aliphatic rings. The first-order valence-electron chi connectivity index (χ1n) is 21.2. The van der Waals surface area contributed by atoms with Crippen LogP contribution in [0.25, 0.3) is 12.2 Å². The minimum atomic E-state index is -0.899. The van der Waals surface area contributed by atoms with Crippen LogP contribution in [0.4, 0.5) is 11.4 Å². The van der Waals surface area contributed by atoms with Gasteiger partial charge in [-0.25, -0.2) is 9.59 Å². The van der Waals surface area contributed by atoms with Crippen molar-refractivity contribution < 1.29 is 47.6 Å². The zero-order chi connectivity index (χ0) is 46.0. The number of carbonyl (C=O) groups excluding carboxylic acids is 4. The monoisotopic (exact) mass is 877 g/mol. The van der Waals surface area contributed by atoms with Crippen LogP contribution in [-0.4, -0.2) is 71.6 Å². The molecule has 0 bridgehead atoms. The molecule has 4 aromatic carbocycles. The molecule has 0 aromatic heterocycles. The van der Waals surface area contributed by atoms with Gasteiger partial charge >= 0.3 is 23.9 Å². The molecule has 64 heavy (non-hydrogen) atoms. The number of esters is 4. The minimum Gasteiger partial charge on any atom is -0.758 e. The van der Waals surface area contributed by atoms with Crippen LogP contribution in [0.5, 0.6) is 11.5 Å². The van der Waals surface area contributed by atoms with E-state index in [1.54, 1.807) is 48.6 Å². The Balaban J connectivity index is 1.32. The standard InChI is InChI=1S/C50H57N2O12/c1-52(58)43-24-14-41(15-25-43)35-50(34-40-12-22-42(51-57)23-13-40,36-63-48(55)10-6-4-8-32-61-44-26-16-38(17-27-44)20-30-46(53)59-2)37-64-49(56)11-7-5-9-33-62-45-28-18-39(19-29-45)21-31-47(54)60-3/h12-31H,4-11,32-37H2,1-3H3/q-1/b30-20+,31-21+. The van der Waals surface area contributed by atoms with Gasteiger partial charge in [0.2, 0.25) is 0 Å². The average molecular weight is 878 g/mol. The molecule has 0 fully saturated rings. The number of anilines is 1. The van der Waals surface area contributed by atoms with Crippen molar-refractivity contribution in [2.45, 2.75) is 64.2 Å². The van der Waals surface area contributed by atoms with Crippen molar-refractivity contribution in [1.82, 2.24) is 0 Å². The van der Waals surface area contributed by atoms with Crippen LogP contribution in [0.3, 0.4) is 0 Å². The lowest BCUT2D eigenvalue weighted by molar-refractivity contribution is -0.154. The summed E-state index contributed by atoms with van der Waals surface area (Å²) in [6.07, 6.45) is 11.1. The van der Waals surface area contributed by atoms with Gasteiger partial charge < -0.3 is 38.7 Å². The molecule has 14 heteroatoms. The Bertz CT molecular complexity index is 2020. The van der Waals surface area contributed by atoms with E-state index in [2.05, 4.69) is 14.7 Å². The van der Waals surface area contributed by atoms with Crippen LogP contribution in [0.1, 0.15) is 73.6 Å². The Hall–Kier alpha value is -6.80. The minimum absolute atomic E-state index is 0.0518. The van der Waals surface area contributed by atoms with Crippen LogP contribution >= 0.6 is 0 Å². The van der Waals surface area contributed by atoms with E-state index in [0.717, 1.165) is 53.0 Å². The van der Waals surface area contributed by atoms with Gasteiger partial charge in [0.05, 0.1) is 27.4 Å². The maximum Gasteiger partial charge on any atom is 0.330 e. The highest BCUT2D eigenvalue weighted by Gasteiger charge is 2.35. The van der Waals surface area contributed by atoms with Crippen LogP contribution < -0.4 is 14.5 Å². The summed E-state index contributed by atoms with van der Waals surface area (Å²) in [7, 11) is 4.06. The molecular weight excluding hydrogens is 821 g/mol. The van der Waals surface area contributed by atoms with Crippen LogP contribution in [0, 0.1) is 15.5 Å². The fourth-order valence-corrected chi connectivity index (χ4v) is 6.58. The molecule has 0 radical (unpaired) electrons. The molecule has 0 heterocycles. The van der Waals surface area contributed by atoms with Crippen LogP contribution in [-0.2, 0) is 51.0 Å². The number of hydroxylamine groups is 1. The third-order valence-corrected chi connectivity index (χ3v) is 10.2. The molecule has 14 nitrogen and oxygen atoms in total. The number of rotatable bonds is 28. The normalized spacial score (nSPS) is 11.2. The van der Waals surface area contributed by atoms with Crippen molar-refractivity contribution in [3.63, 3.8) is 0 Å². The molecular formula is C50H57N2O12-. The number of carbonyl (C=O) groups is 4. The number of hydrogen-bond donors (Lipinski definition) is 0. The first-order valence-corrected chi connectivity index (χ1v) is 21.2. The van der Waals surface area contributed by atoms with Crippen LogP contribution in [0.2, 0.25) is 0 Å². The summed E-state index contributed by atoms with van der Waals surface area (Å²) in [5.41, 5.74) is 3.19. The molecule has 0 saturated carbocycles. The highest BCUT2D eigenvalue weighted by atomic mass is 16.6. The van der Waals surface area contributed by atoms with Crippen molar-refractivity contribution >= 4 is 47.4 Å². The summed E-state index contributed by atoms with van der Waals surface area (Å²) in [5, 5.41) is 15.7. The average Bonchev–Trinajstić information content (AvgIpc) is 3.31. The zero-order valence-electron chi connectivity index (χ0n) is 36.7. The molecule has 340 valence electrons. The van der Waals surface area contributed by atoms with Gasteiger partial charge in [-0.3, -0.25) is 9.59 Å². The molecule has 0 amide bonds. The Kier molecular flexibility index (Phi) is 21.3. The van der Waals surface area contributed by atoms with E-state index in [1.807, 2.05) is 60.7 Å². The van der Waals surface area contributed by atoms with Crippen molar-refractivity contribution in [2.75, 3.05) is 52.8 Å². The van der Waals surface area contributed by atoms with Crippen molar-refractivity contribution in [1.29, 1.82) is 0 Å². The fourth-order valence-electron chi connectivity index (χ4n) is 6.58. The predicted octanol–water partition coefficient (Wildman–Crippen LogP) is 9.53. The maximum absolute atomic E-state index is 13.2. The summed E-state index contributed by atoms with van der Waals surface area (Å²) >= 11 is 0. The van der Waals surface area contributed by atoms with E-state index < -0.39 is 17.4 Å². The van der Waals surface area contributed by atoms with E-state index in [1.165, 1.54) is 33.4 Å². The van der Waals surface area contributed by atoms with Gasteiger partial charge in [0, 0.05) is 36.1 Å². The van der Waals surface area contributed by atoms with Crippen molar-refractivity contribution in [3.8, 4) is 11.5 Å². The second-order valence-electron chi connectivity index (χ2n) is 15.3. The van der Waals surface area contributed by atoms with Gasteiger partial charge in [-0.05, 0) is 147 Å². The lowest BCUT2D eigenvalue weighted by atomic mass is 9.77. The fraction of sp³-hybridized carbons (Fsp3) is 0.360. The number of nitroso groups, excluding NO2 is 1. The quantitative estimate of drug-likeness (QED) is 0.0132. The molecule has 0 aliphatic heterocycles. The van der Waals surface area contributed by atoms with Gasteiger partial charge in [0.1, 0.15) is 30.4 Å². The van der Waals surface area contributed by atoms with E-state index >= 15 is 0 Å². The Labute approximate surface area is 374 Å². The van der Waals surface area contributed by atoms with Gasteiger partial charge in [-0.15, -0.1) is 4.91 Å². The second kappa shape index (κ2) is 27.3. The summed E-state index contributed by atoms with van der Waals surface area (Å²) in [6, 6.07) is 28.5. The van der Waals surface area contributed by atoms with Gasteiger partial charge in [0.15, 0.2) is 0 Å². The second-order valence-corrected chi connectivity index (χ2v) is 15.3. The number of nitrogens with zero attached hydrogens (tertiary/aromatic N) is 2. The van der Waals surface area contributed by atoms with E-state index in [4.69, 9.17) is 18.9 Å². The third kappa shape index (κ3) is 18.7. The van der Waals surface area contributed by atoms with Gasteiger partial charge in [-0.2, -0.15) is 0 Å². The maximum atomic E-state index is 13.2. The van der Waals surface area contributed by atoms with E-state index in [9.17, 15) is 29.3 Å². The zero-order valence-corrected chi connectivity index (χ0v) is 36.7. The third-order valence-electron chi connectivity index (χ3n) is 10.2. The number of benzene rings is 4. The summed E-state index contributed by atoms with van der Waals surface area (Å²) < 4.78 is 32.8. The summed E-state index contributed by atoms with van der Waals surface area (Å²) in [6.45, 7) is 0.818. The topological polar surface area (TPSA) is 179 Å². The first-order chi connectivity index (χ1) is 31.0. The van der Waals surface area contributed by atoms with E-state index in [-0.39, 0.29) is 43.7 Å². The molecule has 4 rings (SSSR count).